The number of benzene rings is 1. The maximum Gasteiger partial charge on any atom is 0.325 e. The molecule has 0 bridgehead atoms. The van der Waals surface area contributed by atoms with Crippen LogP contribution < -0.4 is 5.32 Å². The van der Waals surface area contributed by atoms with Gasteiger partial charge in [0.05, 0.1) is 6.61 Å². The van der Waals surface area contributed by atoms with Gasteiger partial charge < -0.3 is 10.1 Å². The number of hydrogen-bond acceptors (Lipinski definition) is 3. The highest BCUT2D eigenvalue weighted by atomic mass is 16.5. The molecule has 100 valence electrons. The van der Waals surface area contributed by atoms with Gasteiger partial charge in [0.25, 0.3) is 0 Å². The second-order valence-electron chi connectivity index (χ2n) is 5.44. The lowest BCUT2D eigenvalue weighted by atomic mass is 9.86. The summed E-state index contributed by atoms with van der Waals surface area (Å²) < 4.78 is 4.88. The lowest BCUT2D eigenvalue weighted by Gasteiger charge is -2.20. The number of hydrogen-bond donors (Lipinski definition) is 1. The third kappa shape index (κ3) is 4.06. The Hall–Kier alpha value is -1.51. The quantitative estimate of drug-likeness (QED) is 0.832. The smallest absolute Gasteiger partial charge is 0.325 e. The summed E-state index contributed by atoms with van der Waals surface area (Å²) in [6, 6.07) is 6.28. The first-order valence-corrected chi connectivity index (χ1v) is 6.35. The van der Waals surface area contributed by atoms with Crippen LogP contribution in [0.5, 0.6) is 0 Å². The van der Waals surface area contributed by atoms with Crippen LogP contribution in [-0.2, 0) is 14.9 Å². The molecular weight excluding hydrogens is 226 g/mol. The molecule has 1 aromatic rings. The van der Waals surface area contributed by atoms with Crippen molar-refractivity contribution in [2.75, 3.05) is 18.5 Å². The van der Waals surface area contributed by atoms with Crippen molar-refractivity contribution in [1.29, 1.82) is 0 Å². The minimum absolute atomic E-state index is 0.143. The predicted molar refractivity (Wildman–Crippen MR) is 75.0 cm³/mol. The summed E-state index contributed by atoms with van der Waals surface area (Å²) in [7, 11) is 0. The van der Waals surface area contributed by atoms with Crippen LogP contribution in [0.3, 0.4) is 0 Å². The Bertz CT molecular complexity index is 419. The number of rotatable bonds is 4. The Morgan fingerprint density at radius 1 is 1.33 bits per heavy atom. The molecule has 0 fully saturated rings. The summed E-state index contributed by atoms with van der Waals surface area (Å²) in [5.41, 5.74) is 3.56. The Kier molecular flexibility index (Phi) is 4.76. The lowest BCUT2D eigenvalue weighted by Crippen LogP contribution is -2.17. The molecule has 1 rings (SSSR count). The van der Waals surface area contributed by atoms with E-state index in [1.165, 1.54) is 5.56 Å². The number of aryl methyl sites for hydroxylation is 1. The fraction of sp³-hybridized carbons (Fsp3) is 0.533. The Morgan fingerprint density at radius 2 is 2.00 bits per heavy atom. The summed E-state index contributed by atoms with van der Waals surface area (Å²) in [6.45, 7) is 11.0. The van der Waals surface area contributed by atoms with Gasteiger partial charge in [-0.05, 0) is 36.5 Å². The third-order valence-corrected chi connectivity index (χ3v) is 2.82. The van der Waals surface area contributed by atoms with Gasteiger partial charge in [0.15, 0.2) is 0 Å². The Morgan fingerprint density at radius 3 is 2.50 bits per heavy atom. The zero-order chi connectivity index (χ0) is 13.8. The van der Waals surface area contributed by atoms with Gasteiger partial charge in [-0.25, -0.2) is 0 Å². The number of carbonyl (C=O) groups excluding carboxylic acids is 1. The zero-order valence-electron chi connectivity index (χ0n) is 12.0. The van der Waals surface area contributed by atoms with Crippen molar-refractivity contribution >= 4 is 11.7 Å². The van der Waals surface area contributed by atoms with Gasteiger partial charge in [-0.3, -0.25) is 4.79 Å². The van der Waals surface area contributed by atoms with Gasteiger partial charge in [0.2, 0.25) is 0 Å². The lowest BCUT2D eigenvalue weighted by molar-refractivity contribution is -0.140. The monoisotopic (exact) mass is 249 g/mol. The van der Waals surface area contributed by atoms with Crippen molar-refractivity contribution < 1.29 is 9.53 Å². The minimum Gasteiger partial charge on any atom is -0.465 e. The molecule has 0 amide bonds. The fourth-order valence-electron chi connectivity index (χ4n) is 1.71. The van der Waals surface area contributed by atoms with E-state index in [2.05, 4.69) is 38.2 Å². The molecule has 0 unspecified atom stereocenters. The van der Waals surface area contributed by atoms with Gasteiger partial charge in [-0.15, -0.1) is 0 Å². The summed E-state index contributed by atoms with van der Waals surface area (Å²) in [4.78, 5) is 11.3. The molecule has 0 saturated heterocycles. The Balaban J connectivity index is 2.72. The maximum atomic E-state index is 11.3. The number of esters is 1. The maximum absolute atomic E-state index is 11.3. The summed E-state index contributed by atoms with van der Waals surface area (Å²) >= 11 is 0. The van der Waals surface area contributed by atoms with Crippen molar-refractivity contribution in [3.8, 4) is 0 Å². The van der Waals surface area contributed by atoms with Crippen molar-refractivity contribution in [2.24, 2.45) is 0 Å². The molecule has 0 aromatic heterocycles. The summed E-state index contributed by atoms with van der Waals surface area (Å²) in [6.07, 6.45) is 0. The van der Waals surface area contributed by atoms with Crippen molar-refractivity contribution in [2.45, 2.75) is 40.0 Å². The average molecular weight is 249 g/mol. The molecule has 0 aliphatic heterocycles. The second-order valence-corrected chi connectivity index (χ2v) is 5.44. The van der Waals surface area contributed by atoms with Crippen LogP contribution in [0.1, 0.15) is 38.8 Å². The van der Waals surface area contributed by atoms with Crippen LogP contribution in [0.4, 0.5) is 5.69 Å². The highest BCUT2D eigenvalue weighted by Gasteiger charge is 2.14. The highest BCUT2D eigenvalue weighted by molar-refractivity contribution is 5.75. The number of carbonyl (C=O) groups is 1. The molecule has 0 aliphatic carbocycles. The van der Waals surface area contributed by atoms with E-state index in [1.54, 1.807) is 6.92 Å². The van der Waals surface area contributed by atoms with Gasteiger partial charge in [0, 0.05) is 5.69 Å². The van der Waals surface area contributed by atoms with E-state index < -0.39 is 0 Å². The van der Waals surface area contributed by atoms with Crippen LogP contribution >= 0.6 is 0 Å². The van der Waals surface area contributed by atoms with Crippen LogP contribution in [-0.4, -0.2) is 19.1 Å². The third-order valence-electron chi connectivity index (χ3n) is 2.82. The number of ether oxygens (including phenoxy) is 1. The van der Waals surface area contributed by atoms with E-state index in [-0.39, 0.29) is 17.9 Å². The molecule has 1 N–H and O–H groups in total. The van der Waals surface area contributed by atoms with E-state index in [9.17, 15) is 4.79 Å². The van der Waals surface area contributed by atoms with E-state index in [1.807, 2.05) is 13.0 Å². The van der Waals surface area contributed by atoms with E-state index in [4.69, 9.17) is 4.74 Å². The molecule has 0 saturated carbocycles. The normalized spacial score (nSPS) is 11.2. The average Bonchev–Trinajstić information content (AvgIpc) is 2.26. The first-order chi connectivity index (χ1) is 8.34. The molecular formula is C15H23NO2. The molecule has 3 heteroatoms. The van der Waals surface area contributed by atoms with Crippen LogP contribution in [0, 0.1) is 6.92 Å². The van der Waals surface area contributed by atoms with Crippen LogP contribution in [0.25, 0.3) is 0 Å². The molecule has 0 heterocycles. The molecule has 3 nitrogen and oxygen atoms in total. The van der Waals surface area contributed by atoms with Crippen molar-refractivity contribution in [3.63, 3.8) is 0 Å². The second kappa shape index (κ2) is 5.89. The topological polar surface area (TPSA) is 38.3 Å². The van der Waals surface area contributed by atoms with Crippen LogP contribution in [0.2, 0.25) is 0 Å². The van der Waals surface area contributed by atoms with E-state index in [0.29, 0.717) is 6.61 Å². The van der Waals surface area contributed by atoms with Crippen molar-refractivity contribution in [3.05, 3.63) is 29.3 Å². The Labute approximate surface area is 110 Å². The minimum atomic E-state index is -0.225. The summed E-state index contributed by atoms with van der Waals surface area (Å²) in [5, 5.41) is 3.10. The molecule has 18 heavy (non-hydrogen) atoms. The standard InChI is InChI=1S/C15H23NO2/c1-6-18-14(17)10-16-13-8-7-12(9-11(13)2)15(3,4)5/h7-9,16H,6,10H2,1-5H3. The van der Waals surface area contributed by atoms with E-state index in [0.717, 1.165) is 11.3 Å². The number of anilines is 1. The first kappa shape index (κ1) is 14.6. The van der Waals surface area contributed by atoms with Crippen LogP contribution in [0.15, 0.2) is 18.2 Å². The first-order valence-electron chi connectivity index (χ1n) is 6.35. The largest absolute Gasteiger partial charge is 0.465 e. The van der Waals surface area contributed by atoms with Crippen molar-refractivity contribution in [1.82, 2.24) is 0 Å². The summed E-state index contributed by atoms with van der Waals surface area (Å²) in [5.74, 6) is -0.225. The predicted octanol–water partition coefficient (Wildman–Crippen LogP) is 3.27. The van der Waals surface area contributed by atoms with Gasteiger partial charge in [-0.2, -0.15) is 0 Å². The molecule has 0 atom stereocenters. The zero-order valence-corrected chi connectivity index (χ0v) is 12.0. The van der Waals surface area contributed by atoms with E-state index >= 15 is 0 Å². The van der Waals surface area contributed by atoms with Gasteiger partial charge in [0.1, 0.15) is 6.54 Å². The fourth-order valence-corrected chi connectivity index (χ4v) is 1.71. The molecule has 1 aromatic carbocycles. The van der Waals surface area contributed by atoms with Gasteiger partial charge in [-0.1, -0.05) is 32.9 Å². The number of nitrogens with one attached hydrogen (secondary N) is 1. The SMILES string of the molecule is CCOC(=O)CNc1ccc(C(C)(C)C)cc1C. The molecule has 0 aliphatic rings. The highest BCUT2D eigenvalue weighted by Crippen LogP contribution is 2.26. The van der Waals surface area contributed by atoms with Gasteiger partial charge >= 0.3 is 5.97 Å². The molecule has 0 spiro atoms. The molecule has 0 radical (unpaired) electrons.